The molecule has 1 N–H and O–H groups in total. The van der Waals surface area contributed by atoms with E-state index in [0.717, 1.165) is 12.1 Å². The van der Waals surface area contributed by atoms with Gasteiger partial charge in [-0.05, 0) is 19.9 Å². The van der Waals surface area contributed by atoms with Gasteiger partial charge in [0.15, 0.2) is 5.84 Å². The van der Waals surface area contributed by atoms with Gasteiger partial charge in [-0.2, -0.15) is 4.99 Å². The number of benzene rings is 2. The van der Waals surface area contributed by atoms with Crippen molar-refractivity contribution in [2.45, 2.75) is 13.8 Å². The molecule has 158 valence electrons. The summed E-state index contributed by atoms with van der Waals surface area (Å²) < 4.78 is 5.01. The first-order valence-corrected chi connectivity index (χ1v) is 9.45. The Labute approximate surface area is 181 Å². The van der Waals surface area contributed by atoms with E-state index in [9.17, 15) is 24.8 Å². The van der Waals surface area contributed by atoms with E-state index < -0.39 is 16.8 Å². The molecule has 0 atom stereocenters. The van der Waals surface area contributed by atoms with Gasteiger partial charge in [-0.3, -0.25) is 14.9 Å². The standard InChI is InChI=1S/C21H16ClN3O6/c1-3-31-21(28)17(11(2)26)18-13-6-4-5-7-14(13)19(23-18)24-20(27)15-9-8-12(25(29)30)10-16(15)22/h4-10,26H,3H2,1-2H3. The number of nitro groups is 1. The second-order valence-corrected chi connectivity index (χ2v) is 6.76. The number of aliphatic imine (C=N–C) groups is 2. The third-order valence-electron chi connectivity index (χ3n) is 4.32. The Balaban J connectivity index is 2.08. The summed E-state index contributed by atoms with van der Waals surface area (Å²) in [5, 5.41) is 20.8. The summed E-state index contributed by atoms with van der Waals surface area (Å²) in [6.07, 6.45) is 0. The number of esters is 1. The van der Waals surface area contributed by atoms with Gasteiger partial charge in [0.2, 0.25) is 0 Å². The van der Waals surface area contributed by atoms with Crippen LogP contribution in [0.4, 0.5) is 5.69 Å². The topological polar surface area (TPSA) is 131 Å². The highest BCUT2D eigenvalue weighted by atomic mass is 35.5. The highest BCUT2D eigenvalue weighted by molar-refractivity contribution is 6.37. The lowest BCUT2D eigenvalue weighted by Gasteiger charge is -2.08. The number of nitrogens with zero attached hydrogens (tertiary/aromatic N) is 3. The van der Waals surface area contributed by atoms with Gasteiger partial charge < -0.3 is 9.84 Å². The van der Waals surface area contributed by atoms with E-state index in [2.05, 4.69) is 9.98 Å². The number of nitro benzene ring substituents is 1. The number of fused-ring (bicyclic) bond motifs is 1. The van der Waals surface area contributed by atoms with E-state index >= 15 is 0 Å². The minimum Gasteiger partial charge on any atom is -0.512 e. The Kier molecular flexibility index (Phi) is 6.26. The SMILES string of the molecule is CCOC(=O)C(C1=NC(=NC(=O)c2ccc([N+](=O)[O-])cc2Cl)c2ccccc21)=C(C)O. The monoisotopic (exact) mass is 441 g/mol. The minimum absolute atomic E-state index is 0.00747. The Morgan fingerprint density at radius 1 is 1.23 bits per heavy atom. The van der Waals surface area contributed by atoms with E-state index in [0.29, 0.717) is 11.1 Å². The number of ether oxygens (including phenoxy) is 1. The number of hydrogen-bond donors (Lipinski definition) is 1. The van der Waals surface area contributed by atoms with Crippen LogP contribution in [0.25, 0.3) is 0 Å². The van der Waals surface area contributed by atoms with Gasteiger partial charge in [0.25, 0.3) is 11.6 Å². The fourth-order valence-corrected chi connectivity index (χ4v) is 3.21. The normalized spacial score (nSPS) is 14.5. The maximum absolute atomic E-state index is 12.7. The van der Waals surface area contributed by atoms with Gasteiger partial charge >= 0.3 is 5.97 Å². The number of amides is 1. The highest BCUT2D eigenvalue weighted by Crippen LogP contribution is 2.27. The molecule has 0 spiro atoms. The molecule has 2 aromatic rings. The third-order valence-corrected chi connectivity index (χ3v) is 4.63. The molecule has 0 bridgehead atoms. The summed E-state index contributed by atoms with van der Waals surface area (Å²) in [6.45, 7) is 3.06. The van der Waals surface area contributed by atoms with Crippen LogP contribution in [0.1, 0.15) is 35.3 Å². The van der Waals surface area contributed by atoms with E-state index in [4.69, 9.17) is 16.3 Å². The quantitative estimate of drug-likeness (QED) is 0.245. The minimum atomic E-state index is -0.767. The summed E-state index contributed by atoms with van der Waals surface area (Å²) >= 11 is 6.02. The Morgan fingerprint density at radius 3 is 2.48 bits per heavy atom. The van der Waals surface area contributed by atoms with Crippen LogP contribution in [-0.2, 0) is 9.53 Å². The Morgan fingerprint density at radius 2 is 1.90 bits per heavy atom. The maximum atomic E-state index is 12.7. The fourth-order valence-electron chi connectivity index (χ4n) is 2.95. The van der Waals surface area contributed by atoms with E-state index in [-0.39, 0.29) is 45.8 Å². The van der Waals surface area contributed by atoms with Crippen molar-refractivity contribution in [3.05, 3.63) is 85.6 Å². The number of carbonyl (C=O) groups excluding carboxylic acids is 2. The molecule has 0 aromatic heterocycles. The Hall–Kier alpha value is -3.85. The van der Waals surface area contributed by atoms with Crippen LogP contribution in [-0.4, -0.2) is 40.1 Å². The van der Waals surface area contributed by atoms with Crippen molar-refractivity contribution in [3.8, 4) is 0 Å². The number of halogens is 1. The van der Waals surface area contributed by atoms with Crippen molar-refractivity contribution in [2.75, 3.05) is 6.61 Å². The summed E-state index contributed by atoms with van der Waals surface area (Å²) in [5.41, 5.74) is 0.631. The first-order chi connectivity index (χ1) is 14.7. The largest absolute Gasteiger partial charge is 0.512 e. The number of non-ortho nitro benzene ring substituents is 1. The number of rotatable bonds is 5. The maximum Gasteiger partial charge on any atom is 0.343 e. The summed E-state index contributed by atoms with van der Waals surface area (Å²) in [6, 6.07) is 10.2. The van der Waals surface area contributed by atoms with Gasteiger partial charge in [0, 0.05) is 23.3 Å². The number of allylic oxidation sites excluding steroid dienone is 1. The van der Waals surface area contributed by atoms with Gasteiger partial charge in [-0.15, -0.1) is 0 Å². The molecule has 10 heteroatoms. The first-order valence-electron chi connectivity index (χ1n) is 9.07. The lowest BCUT2D eigenvalue weighted by Crippen LogP contribution is -2.18. The zero-order valence-electron chi connectivity index (χ0n) is 16.5. The molecule has 3 rings (SSSR count). The van der Waals surface area contributed by atoms with Crippen LogP contribution < -0.4 is 0 Å². The molecule has 1 aliphatic rings. The molecule has 0 saturated carbocycles. The second-order valence-electron chi connectivity index (χ2n) is 6.35. The molecule has 0 unspecified atom stereocenters. The molecule has 0 fully saturated rings. The molecular formula is C21H16ClN3O6. The molecule has 1 amide bonds. The second kappa shape index (κ2) is 8.88. The third kappa shape index (κ3) is 4.36. The van der Waals surface area contributed by atoms with Crippen LogP contribution >= 0.6 is 11.6 Å². The van der Waals surface area contributed by atoms with Crippen molar-refractivity contribution in [1.29, 1.82) is 0 Å². The van der Waals surface area contributed by atoms with Gasteiger partial charge in [0.05, 0.1) is 27.8 Å². The number of aliphatic hydroxyl groups excluding tert-OH is 1. The zero-order chi connectivity index (χ0) is 22.7. The smallest absolute Gasteiger partial charge is 0.343 e. The molecule has 1 aliphatic heterocycles. The van der Waals surface area contributed by atoms with Gasteiger partial charge in [-0.1, -0.05) is 35.9 Å². The number of hydrogen-bond acceptors (Lipinski definition) is 6. The summed E-state index contributed by atoms with van der Waals surface area (Å²) in [7, 11) is 0. The van der Waals surface area contributed by atoms with Crippen molar-refractivity contribution in [3.63, 3.8) is 0 Å². The predicted molar refractivity (Wildman–Crippen MR) is 114 cm³/mol. The number of amidine groups is 1. The van der Waals surface area contributed by atoms with Crippen LogP contribution in [0.2, 0.25) is 5.02 Å². The van der Waals surface area contributed by atoms with Gasteiger partial charge in [0.1, 0.15) is 11.3 Å². The Bertz CT molecular complexity index is 1200. The molecule has 1 heterocycles. The van der Waals surface area contributed by atoms with Crippen LogP contribution in [0.15, 0.2) is 63.8 Å². The number of aliphatic hydroxyl groups is 1. The van der Waals surface area contributed by atoms with Gasteiger partial charge in [-0.25, -0.2) is 9.79 Å². The fraction of sp³-hybridized carbons (Fsp3) is 0.143. The average Bonchev–Trinajstić information content (AvgIpc) is 3.06. The van der Waals surface area contributed by atoms with Crippen LogP contribution in [0.5, 0.6) is 0 Å². The first kappa shape index (κ1) is 21.8. The summed E-state index contributed by atoms with van der Waals surface area (Å²) in [4.78, 5) is 43.6. The molecule has 0 radical (unpaired) electrons. The van der Waals surface area contributed by atoms with Crippen molar-refractivity contribution < 1.29 is 24.4 Å². The molecule has 31 heavy (non-hydrogen) atoms. The van der Waals surface area contributed by atoms with Crippen LogP contribution in [0, 0.1) is 10.1 Å². The van der Waals surface area contributed by atoms with E-state index in [1.165, 1.54) is 13.0 Å². The number of carbonyl (C=O) groups is 2. The zero-order valence-corrected chi connectivity index (χ0v) is 17.2. The van der Waals surface area contributed by atoms with Crippen molar-refractivity contribution in [2.24, 2.45) is 9.98 Å². The lowest BCUT2D eigenvalue weighted by molar-refractivity contribution is -0.384. The lowest BCUT2D eigenvalue weighted by atomic mass is 9.99. The molecule has 9 nitrogen and oxygen atoms in total. The van der Waals surface area contributed by atoms with Crippen molar-refractivity contribution in [1.82, 2.24) is 0 Å². The molecular weight excluding hydrogens is 426 g/mol. The molecule has 2 aromatic carbocycles. The highest BCUT2D eigenvalue weighted by Gasteiger charge is 2.30. The molecule has 0 aliphatic carbocycles. The summed E-state index contributed by atoms with van der Waals surface area (Å²) in [5.74, 6) is -1.81. The molecule has 0 saturated heterocycles. The van der Waals surface area contributed by atoms with Crippen molar-refractivity contribution >= 4 is 40.7 Å². The van der Waals surface area contributed by atoms with Crippen LogP contribution in [0.3, 0.4) is 0 Å². The van der Waals surface area contributed by atoms with E-state index in [1.807, 2.05) is 0 Å². The average molecular weight is 442 g/mol. The van der Waals surface area contributed by atoms with E-state index in [1.54, 1.807) is 31.2 Å². The predicted octanol–water partition coefficient (Wildman–Crippen LogP) is 4.03.